The summed E-state index contributed by atoms with van der Waals surface area (Å²) in [7, 11) is 0. The summed E-state index contributed by atoms with van der Waals surface area (Å²) >= 11 is 17.5. The number of carbonyl (C=O) groups excluding carboxylic acids is 2. The predicted molar refractivity (Wildman–Crippen MR) is 87.7 cm³/mol. The number of hydrogen-bond acceptors (Lipinski definition) is 2. The van der Waals surface area contributed by atoms with Crippen LogP contribution in [0.25, 0.3) is 6.08 Å². The topological polar surface area (TPSA) is 43.9 Å². The number of benzene rings is 1. The van der Waals surface area contributed by atoms with E-state index in [1.807, 2.05) is 12.1 Å². The van der Waals surface area contributed by atoms with Gasteiger partial charge in [-0.15, -0.1) is 34.8 Å². The molecule has 0 bridgehead atoms. The number of hydrogen-bond donors (Lipinski definition) is 0. The highest BCUT2D eigenvalue weighted by atomic mass is 35.5. The van der Waals surface area contributed by atoms with Crippen LogP contribution in [0, 0.1) is 0 Å². The molecule has 0 aliphatic carbocycles. The van der Waals surface area contributed by atoms with E-state index in [1.165, 1.54) is 9.80 Å². The molecule has 0 spiro atoms. The van der Waals surface area contributed by atoms with E-state index in [-0.39, 0.29) is 18.0 Å². The highest BCUT2D eigenvalue weighted by Gasteiger charge is 2.43. The molecular formula is C14H14Cl3N3O2. The fraction of sp³-hybridized carbons (Fsp3) is 0.286. The Hall–Kier alpha value is -1.43. The van der Waals surface area contributed by atoms with E-state index in [1.54, 1.807) is 18.2 Å². The zero-order valence-electron chi connectivity index (χ0n) is 11.6. The van der Waals surface area contributed by atoms with Gasteiger partial charge in [0.2, 0.25) is 0 Å². The first-order chi connectivity index (χ1) is 10.6. The molecule has 1 heterocycles. The predicted octanol–water partition coefficient (Wildman–Crippen LogP) is 4.08. The Bertz CT molecular complexity index is 555. The standard InChI is InChI=1S/C14H14Cl3N3O2/c1-2-10-3-5-11(6-4-10)12-18(7-15)13(21)20(9-17)14(22)19(12)8-16/h2-6,12H,1,7-9H2. The number of nitrogens with zero attached hydrogens (tertiary/aromatic N) is 3. The van der Waals surface area contributed by atoms with Gasteiger partial charge in [-0.1, -0.05) is 36.9 Å². The zero-order valence-corrected chi connectivity index (χ0v) is 13.9. The third kappa shape index (κ3) is 2.89. The Morgan fingerprint density at radius 1 is 0.955 bits per heavy atom. The molecule has 118 valence electrons. The number of alkyl halides is 3. The van der Waals surface area contributed by atoms with Crippen LogP contribution in [0.1, 0.15) is 17.3 Å². The maximum Gasteiger partial charge on any atom is 0.332 e. The van der Waals surface area contributed by atoms with Crippen LogP contribution < -0.4 is 0 Å². The molecule has 0 radical (unpaired) electrons. The van der Waals surface area contributed by atoms with Crippen LogP contribution in [0.15, 0.2) is 30.8 Å². The summed E-state index contributed by atoms with van der Waals surface area (Å²) in [4.78, 5) is 28.2. The molecule has 8 heteroatoms. The fourth-order valence-corrected chi connectivity index (χ4v) is 2.94. The second kappa shape index (κ2) is 7.22. The Morgan fingerprint density at radius 3 is 1.82 bits per heavy atom. The van der Waals surface area contributed by atoms with E-state index < -0.39 is 18.2 Å². The first-order valence-corrected chi connectivity index (χ1v) is 7.98. The van der Waals surface area contributed by atoms with Crippen molar-refractivity contribution < 1.29 is 9.59 Å². The summed E-state index contributed by atoms with van der Waals surface area (Å²) in [5.74, 6) is 0. The number of carbonyl (C=O) groups is 2. The monoisotopic (exact) mass is 361 g/mol. The van der Waals surface area contributed by atoms with Gasteiger partial charge in [0.15, 0.2) is 0 Å². The number of halogens is 3. The lowest BCUT2D eigenvalue weighted by molar-refractivity contribution is 0.0506. The normalized spacial score (nSPS) is 16.4. The minimum atomic E-state index is -0.673. The molecule has 5 nitrogen and oxygen atoms in total. The third-order valence-corrected chi connectivity index (χ3v) is 4.15. The summed E-state index contributed by atoms with van der Waals surface area (Å²) in [6.07, 6.45) is 1.03. The number of rotatable bonds is 5. The molecule has 0 unspecified atom stereocenters. The molecule has 0 saturated carbocycles. The first kappa shape index (κ1) is 16.9. The number of imide groups is 1. The largest absolute Gasteiger partial charge is 0.332 e. The van der Waals surface area contributed by atoms with Gasteiger partial charge in [-0.2, -0.15) is 0 Å². The molecule has 1 fully saturated rings. The third-order valence-electron chi connectivity index (χ3n) is 3.39. The summed E-state index contributed by atoms with van der Waals surface area (Å²) in [5, 5.41) is 0. The molecule has 1 aliphatic heterocycles. The smallest absolute Gasteiger partial charge is 0.286 e. The number of urea groups is 2. The van der Waals surface area contributed by atoms with E-state index >= 15 is 0 Å². The summed E-state index contributed by atoms with van der Waals surface area (Å²) in [6, 6.07) is 5.73. The minimum absolute atomic E-state index is 0.0965. The summed E-state index contributed by atoms with van der Waals surface area (Å²) in [6.45, 7) is 3.69. The zero-order chi connectivity index (χ0) is 16.3. The molecule has 1 aliphatic rings. The maximum absolute atomic E-state index is 12.3. The van der Waals surface area contributed by atoms with E-state index in [9.17, 15) is 9.59 Å². The van der Waals surface area contributed by atoms with Crippen LogP contribution >= 0.6 is 34.8 Å². The Kier molecular flexibility index (Phi) is 5.56. The van der Waals surface area contributed by atoms with Crippen LogP contribution in [0.2, 0.25) is 0 Å². The lowest BCUT2D eigenvalue weighted by atomic mass is 10.1. The van der Waals surface area contributed by atoms with Gasteiger partial charge < -0.3 is 0 Å². The van der Waals surface area contributed by atoms with E-state index in [0.29, 0.717) is 0 Å². The highest BCUT2D eigenvalue weighted by molar-refractivity contribution is 6.22. The van der Waals surface area contributed by atoms with Crippen LogP contribution in [0.4, 0.5) is 9.59 Å². The van der Waals surface area contributed by atoms with Crippen molar-refractivity contribution in [3.8, 4) is 0 Å². The fourth-order valence-electron chi connectivity index (χ4n) is 2.27. The van der Waals surface area contributed by atoms with Gasteiger partial charge in [-0.05, 0) is 11.1 Å². The first-order valence-electron chi connectivity index (χ1n) is 6.38. The van der Waals surface area contributed by atoms with Crippen LogP contribution in [0.3, 0.4) is 0 Å². The summed E-state index contributed by atoms with van der Waals surface area (Å²) < 4.78 is 0. The van der Waals surface area contributed by atoms with Crippen molar-refractivity contribution in [3.63, 3.8) is 0 Å². The summed E-state index contributed by atoms with van der Waals surface area (Å²) in [5.41, 5.74) is 1.65. The molecule has 4 amide bonds. The maximum atomic E-state index is 12.3. The lowest BCUT2D eigenvalue weighted by Crippen LogP contribution is -2.61. The molecule has 0 aromatic heterocycles. The quantitative estimate of drug-likeness (QED) is 0.585. The Morgan fingerprint density at radius 2 is 1.45 bits per heavy atom. The number of amides is 4. The van der Waals surface area contributed by atoms with E-state index in [2.05, 4.69) is 6.58 Å². The van der Waals surface area contributed by atoms with Gasteiger partial charge in [0.25, 0.3) is 0 Å². The second-order valence-electron chi connectivity index (χ2n) is 4.54. The van der Waals surface area contributed by atoms with Crippen molar-refractivity contribution in [2.75, 3.05) is 18.0 Å². The molecule has 1 saturated heterocycles. The van der Waals surface area contributed by atoms with Crippen molar-refractivity contribution in [3.05, 3.63) is 42.0 Å². The Balaban J connectivity index is 2.46. The van der Waals surface area contributed by atoms with Crippen LogP contribution in [0.5, 0.6) is 0 Å². The van der Waals surface area contributed by atoms with Crippen molar-refractivity contribution in [1.82, 2.24) is 14.7 Å². The molecule has 0 atom stereocenters. The van der Waals surface area contributed by atoms with Crippen LogP contribution in [-0.4, -0.2) is 44.8 Å². The van der Waals surface area contributed by atoms with Gasteiger partial charge in [-0.25, -0.2) is 14.5 Å². The van der Waals surface area contributed by atoms with E-state index in [0.717, 1.165) is 16.0 Å². The van der Waals surface area contributed by atoms with Gasteiger partial charge in [0.05, 0.1) is 12.0 Å². The second-order valence-corrected chi connectivity index (χ2v) is 5.25. The van der Waals surface area contributed by atoms with Crippen molar-refractivity contribution in [2.24, 2.45) is 0 Å². The van der Waals surface area contributed by atoms with Gasteiger partial charge in [0.1, 0.15) is 12.2 Å². The van der Waals surface area contributed by atoms with Crippen molar-refractivity contribution >= 4 is 52.9 Å². The van der Waals surface area contributed by atoms with Gasteiger partial charge in [-0.3, -0.25) is 9.80 Å². The molecule has 1 aromatic rings. The lowest BCUT2D eigenvalue weighted by Gasteiger charge is -2.45. The van der Waals surface area contributed by atoms with Crippen LogP contribution in [-0.2, 0) is 0 Å². The molecule has 22 heavy (non-hydrogen) atoms. The average Bonchev–Trinajstić information content (AvgIpc) is 2.55. The van der Waals surface area contributed by atoms with Gasteiger partial charge in [0, 0.05) is 0 Å². The van der Waals surface area contributed by atoms with Crippen molar-refractivity contribution in [1.29, 1.82) is 0 Å². The molecule has 0 N–H and O–H groups in total. The molecule has 2 rings (SSSR count). The Labute approximate surface area is 143 Å². The highest BCUT2D eigenvalue weighted by Crippen LogP contribution is 2.32. The SMILES string of the molecule is C=Cc1ccc(C2N(CCl)C(=O)N(CCl)C(=O)N2CCl)cc1. The minimum Gasteiger partial charge on any atom is -0.286 e. The van der Waals surface area contributed by atoms with Crippen molar-refractivity contribution in [2.45, 2.75) is 6.17 Å². The average molecular weight is 363 g/mol. The van der Waals surface area contributed by atoms with Gasteiger partial charge >= 0.3 is 12.1 Å². The van der Waals surface area contributed by atoms with E-state index in [4.69, 9.17) is 34.8 Å². The molecular weight excluding hydrogens is 349 g/mol. The molecule has 1 aromatic carbocycles.